The predicted molar refractivity (Wildman–Crippen MR) is 50.6 cm³/mol. The highest BCUT2D eigenvalue weighted by atomic mass is 16.2. The minimum Gasteiger partial charge on any atom is -0.354 e. The van der Waals surface area contributed by atoms with Crippen LogP contribution in [0.25, 0.3) is 0 Å². The molecule has 1 unspecified atom stereocenters. The van der Waals surface area contributed by atoms with Crippen LogP contribution in [-0.2, 0) is 9.59 Å². The Bertz CT molecular complexity index is 279. The quantitative estimate of drug-likeness (QED) is 0.507. The number of hydrogen-bond acceptors (Lipinski definition) is 3. The molecule has 2 heterocycles. The summed E-state index contributed by atoms with van der Waals surface area (Å²) in [6.07, 6.45) is 0.773. The van der Waals surface area contributed by atoms with E-state index < -0.39 is 5.54 Å². The van der Waals surface area contributed by atoms with E-state index in [1.165, 1.54) is 0 Å². The van der Waals surface area contributed by atoms with Crippen LogP contribution in [0, 0.1) is 0 Å². The largest absolute Gasteiger partial charge is 0.354 e. The lowest BCUT2D eigenvalue weighted by molar-refractivity contribution is -0.134. The van der Waals surface area contributed by atoms with Gasteiger partial charge in [0.25, 0.3) is 0 Å². The first-order chi connectivity index (χ1) is 6.64. The summed E-state index contributed by atoms with van der Waals surface area (Å²) in [5.74, 6) is 0.0778. The van der Waals surface area contributed by atoms with Crippen LogP contribution in [0.3, 0.4) is 0 Å². The minimum atomic E-state index is -0.510. The van der Waals surface area contributed by atoms with Gasteiger partial charge in [-0.3, -0.25) is 9.59 Å². The molecule has 2 fully saturated rings. The Morgan fingerprint density at radius 3 is 2.86 bits per heavy atom. The molecule has 2 aliphatic heterocycles. The molecule has 2 saturated heterocycles. The molecule has 0 aromatic rings. The number of nitrogens with one attached hydrogen (secondary N) is 2. The molecule has 0 radical (unpaired) electrons. The standard InChI is InChI=1S/C9H15N3O2/c1-7(13)12-5-4-11-9(6-12)2-3-10-8(9)14/h11H,2-6H2,1H3,(H,10,14). The van der Waals surface area contributed by atoms with Crippen molar-refractivity contribution >= 4 is 11.8 Å². The van der Waals surface area contributed by atoms with Crippen LogP contribution in [-0.4, -0.2) is 48.4 Å². The van der Waals surface area contributed by atoms with Crippen molar-refractivity contribution in [1.82, 2.24) is 15.5 Å². The Morgan fingerprint density at radius 1 is 1.50 bits per heavy atom. The fraction of sp³-hybridized carbons (Fsp3) is 0.778. The van der Waals surface area contributed by atoms with Crippen molar-refractivity contribution in [2.45, 2.75) is 18.9 Å². The average Bonchev–Trinajstić information content (AvgIpc) is 2.48. The molecule has 5 heteroatoms. The molecule has 5 nitrogen and oxygen atoms in total. The molecule has 2 amide bonds. The second-order valence-electron chi connectivity index (χ2n) is 3.96. The van der Waals surface area contributed by atoms with Gasteiger partial charge in [0, 0.05) is 33.1 Å². The number of carbonyl (C=O) groups excluding carboxylic acids is 2. The smallest absolute Gasteiger partial charge is 0.242 e. The van der Waals surface area contributed by atoms with Gasteiger partial charge < -0.3 is 15.5 Å². The summed E-state index contributed by atoms with van der Waals surface area (Å²) < 4.78 is 0. The Balaban J connectivity index is 2.13. The van der Waals surface area contributed by atoms with Crippen LogP contribution in [0.2, 0.25) is 0 Å². The lowest BCUT2D eigenvalue weighted by atomic mass is 9.94. The van der Waals surface area contributed by atoms with Crippen molar-refractivity contribution in [3.8, 4) is 0 Å². The maximum atomic E-state index is 11.6. The van der Waals surface area contributed by atoms with E-state index in [0.717, 1.165) is 6.42 Å². The highest BCUT2D eigenvalue weighted by Crippen LogP contribution is 2.20. The SMILES string of the molecule is CC(=O)N1CCNC2(CCNC2=O)C1. The Hall–Kier alpha value is -1.10. The fourth-order valence-electron chi connectivity index (χ4n) is 2.15. The van der Waals surface area contributed by atoms with Crippen LogP contribution in [0.4, 0.5) is 0 Å². The maximum absolute atomic E-state index is 11.6. The number of carbonyl (C=O) groups is 2. The van der Waals surface area contributed by atoms with Crippen molar-refractivity contribution in [1.29, 1.82) is 0 Å². The van der Waals surface area contributed by atoms with E-state index in [9.17, 15) is 9.59 Å². The molecule has 1 spiro atoms. The molecule has 0 aromatic carbocycles. The van der Waals surface area contributed by atoms with E-state index in [2.05, 4.69) is 10.6 Å². The maximum Gasteiger partial charge on any atom is 0.242 e. The van der Waals surface area contributed by atoms with Gasteiger partial charge in [0.2, 0.25) is 11.8 Å². The van der Waals surface area contributed by atoms with Gasteiger partial charge in [-0.2, -0.15) is 0 Å². The molecular weight excluding hydrogens is 182 g/mol. The summed E-state index contributed by atoms with van der Waals surface area (Å²) in [5, 5.41) is 6.02. The average molecular weight is 197 g/mol. The predicted octanol–water partition coefficient (Wildman–Crippen LogP) is -1.30. The van der Waals surface area contributed by atoms with Gasteiger partial charge in [-0.05, 0) is 6.42 Å². The molecule has 0 saturated carbocycles. The molecule has 2 N–H and O–H groups in total. The fourth-order valence-corrected chi connectivity index (χ4v) is 2.15. The first-order valence-corrected chi connectivity index (χ1v) is 4.93. The highest BCUT2D eigenvalue weighted by molar-refractivity contribution is 5.89. The third kappa shape index (κ3) is 1.37. The summed E-state index contributed by atoms with van der Waals surface area (Å²) in [6, 6.07) is 0. The van der Waals surface area contributed by atoms with E-state index in [0.29, 0.717) is 26.2 Å². The van der Waals surface area contributed by atoms with Crippen molar-refractivity contribution < 1.29 is 9.59 Å². The summed E-state index contributed by atoms with van der Waals surface area (Å²) >= 11 is 0. The van der Waals surface area contributed by atoms with Gasteiger partial charge in [0.15, 0.2) is 0 Å². The number of rotatable bonds is 0. The monoisotopic (exact) mass is 197 g/mol. The topological polar surface area (TPSA) is 61.4 Å². The Labute approximate surface area is 82.8 Å². The number of piperazine rings is 1. The van der Waals surface area contributed by atoms with Crippen molar-refractivity contribution in [2.75, 3.05) is 26.2 Å². The third-order valence-electron chi connectivity index (χ3n) is 3.02. The van der Waals surface area contributed by atoms with E-state index in [1.807, 2.05) is 0 Å². The van der Waals surface area contributed by atoms with Gasteiger partial charge in [-0.1, -0.05) is 0 Å². The highest BCUT2D eigenvalue weighted by Gasteiger charge is 2.45. The Kier molecular flexibility index (Phi) is 2.19. The van der Waals surface area contributed by atoms with Gasteiger partial charge in [0.1, 0.15) is 5.54 Å². The zero-order valence-electron chi connectivity index (χ0n) is 8.30. The van der Waals surface area contributed by atoms with E-state index in [4.69, 9.17) is 0 Å². The summed E-state index contributed by atoms with van der Waals surface area (Å²) in [7, 11) is 0. The van der Waals surface area contributed by atoms with Crippen LogP contribution in [0.15, 0.2) is 0 Å². The summed E-state index contributed by atoms with van der Waals surface area (Å²) in [5.41, 5.74) is -0.510. The molecule has 78 valence electrons. The molecule has 14 heavy (non-hydrogen) atoms. The zero-order chi connectivity index (χ0) is 10.2. The zero-order valence-corrected chi connectivity index (χ0v) is 8.30. The van der Waals surface area contributed by atoms with Crippen LogP contribution >= 0.6 is 0 Å². The lowest BCUT2D eigenvalue weighted by Crippen LogP contribution is -2.64. The van der Waals surface area contributed by atoms with Crippen LogP contribution < -0.4 is 10.6 Å². The Morgan fingerprint density at radius 2 is 2.29 bits per heavy atom. The van der Waals surface area contributed by atoms with E-state index in [-0.39, 0.29) is 11.8 Å². The molecular formula is C9H15N3O2. The lowest BCUT2D eigenvalue weighted by Gasteiger charge is -2.38. The van der Waals surface area contributed by atoms with E-state index >= 15 is 0 Å². The van der Waals surface area contributed by atoms with Gasteiger partial charge in [0.05, 0.1) is 0 Å². The molecule has 1 atom stereocenters. The van der Waals surface area contributed by atoms with Crippen molar-refractivity contribution in [2.24, 2.45) is 0 Å². The van der Waals surface area contributed by atoms with Crippen molar-refractivity contribution in [3.05, 3.63) is 0 Å². The molecule has 0 aliphatic carbocycles. The summed E-state index contributed by atoms with van der Waals surface area (Å²) in [6.45, 7) is 4.16. The molecule has 0 aromatic heterocycles. The third-order valence-corrected chi connectivity index (χ3v) is 3.02. The molecule has 2 rings (SSSR count). The first-order valence-electron chi connectivity index (χ1n) is 4.93. The van der Waals surface area contributed by atoms with Gasteiger partial charge in [-0.15, -0.1) is 0 Å². The summed E-state index contributed by atoms with van der Waals surface area (Å²) in [4.78, 5) is 24.6. The second kappa shape index (κ2) is 3.24. The van der Waals surface area contributed by atoms with Gasteiger partial charge in [-0.25, -0.2) is 0 Å². The second-order valence-corrected chi connectivity index (χ2v) is 3.96. The first kappa shape index (κ1) is 9.45. The van der Waals surface area contributed by atoms with Crippen molar-refractivity contribution in [3.63, 3.8) is 0 Å². The van der Waals surface area contributed by atoms with E-state index in [1.54, 1.807) is 11.8 Å². The normalized spacial score (nSPS) is 32.1. The van der Waals surface area contributed by atoms with Crippen LogP contribution in [0.5, 0.6) is 0 Å². The molecule has 0 bridgehead atoms. The number of nitrogens with zero attached hydrogens (tertiary/aromatic N) is 1. The molecule has 2 aliphatic rings. The minimum absolute atomic E-state index is 0.0310. The van der Waals surface area contributed by atoms with Crippen LogP contribution in [0.1, 0.15) is 13.3 Å². The number of amides is 2. The number of hydrogen-bond donors (Lipinski definition) is 2. The van der Waals surface area contributed by atoms with Gasteiger partial charge >= 0.3 is 0 Å².